The molecule has 1 fully saturated rings. The van der Waals surface area contributed by atoms with Gasteiger partial charge in [0.25, 0.3) is 0 Å². The predicted molar refractivity (Wildman–Crippen MR) is 77.2 cm³/mol. The number of aromatic amines is 1. The normalized spacial score (nSPS) is 17.0. The minimum absolute atomic E-state index is 0.232. The van der Waals surface area contributed by atoms with Gasteiger partial charge in [0.05, 0.1) is 0 Å². The van der Waals surface area contributed by atoms with E-state index in [4.69, 9.17) is 0 Å². The van der Waals surface area contributed by atoms with Crippen molar-refractivity contribution in [2.75, 3.05) is 31.6 Å². The summed E-state index contributed by atoms with van der Waals surface area (Å²) in [5, 5.41) is 9.73. The van der Waals surface area contributed by atoms with Crippen LogP contribution in [-0.4, -0.2) is 46.3 Å². The maximum absolute atomic E-state index is 11.6. The molecule has 3 rings (SSSR count). The van der Waals surface area contributed by atoms with Crippen molar-refractivity contribution in [3.63, 3.8) is 0 Å². The summed E-state index contributed by atoms with van der Waals surface area (Å²) in [6.07, 6.45) is 2.33. The van der Waals surface area contributed by atoms with Gasteiger partial charge in [-0.25, -0.2) is 19.3 Å². The number of aromatic nitrogens is 4. The van der Waals surface area contributed by atoms with Crippen LogP contribution in [0, 0.1) is 12.8 Å². The molecular weight excluding hydrogens is 256 g/mol. The van der Waals surface area contributed by atoms with Crippen LogP contribution >= 0.6 is 0 Å². The van der Waals surface area contributed by atoms with Crippen LogP contribution in [0.1, 0.15) is 18.7 Å². The van der Waals surface area contributed by atoms with Gasteiger partial charge in [-0.05, 0) is 39.3 Å². The number of aryl methyl sites for hydroxylation is 1. The van der Waals surface area contributed by atoms with Crippen molar-refractivity contribution in [1.29, 1.82) is 0 Å². The van der Waals surface area contributed by atoms with Gasteiger partial charge in [0.2, 0.25) is 0 Å². The minimum atomic E-state index is -0.232. The third kappa shape index (κ3) is 2.29. The van der Waals surface area contributed by atoms with Gasteiger partial charge < -0.3 is 10.2 Å². The van der Waals surface area contributed by atoms with E-state index in [1.807, 2.05) is 20.0 Å². The van der Waals surface area contributed by atoms with Gasteiger partial charge in [0, 0.05) is 19.2 Å². The number of anilines is 1. The lowest BCUT2D eigenvalue weighted by Crippen LogP contribution is -2.37. The van der Waals surface area contributed by atoms with Crippen LogP contribution in [-0.2, 0) is 0 Å². The molecule has 0 saturated carbocycles. The summed E-state index contributed by atoms with van der Waals surface area (Å²) in [5.74, 6) is 2.33. The lowest BCUT2D eigenvalue weighted by Gasteiger charge is -2.32. The predicted octanol–water partition coefficient (Wildman–Crippen LogP) is 0.162. The molecule has 20 heavy (non-hydrogen) atoms. The van der Waals surface area contributed by atoms with Crippen molar-refractivity contribution in [1.82, 2.24) is 24.9 Å². The molecule has 1 saturated heterocycles. The van der Waals surface area contributed by atoms with Gasteiger partial charge in [0.15, 0.2) is 5.65 Å². The molecule has 0 aliphatic carbocycles. The first-order chi connectivity index (χ1) is 9.69. The molecule has 7 heteroatoms. The number of fused-ring (bicyclic) bond motifs is 1. The fraction of sp³-hybridized carbons (Fsp3) is 0.615. The highest BCUT2D eigenvalue weighted by molar-refractivity contribution is 5.51. The quantitative estimate of drug-likeness (QED) is 0.835. The van der Waals surface area contributed by atoms with E-state index in [1.54, 1.807) is 0 Å². The maximum Gasteiger partial charge on any atom is 0.349 e. The van der Waals surface area contributed by atoms with Gasteiger partial charge in [0.1, 0.15) is 11.6 Å². The topological polar surface area (TPSA) is 78.3 Å². The highest BCUT2D eigenvalue weighted by Crippen LogP contribution is 2.22. The van der Waals surface area contributed by atoms with E-state index in [0.29, 0.717) is 11.5 Å². The number of nitrogens with one attached hydrogen (secondary N) is 2. The largest absolute Gasteiger partial charge is 0.356 e. The fourth-order valence-corrected chi connectivity index (χ4v) is 2.90. The summed E-state index contributed by atoms with van der Waals surface area (Å²) >= 11 is 0. The van der Waals surface area contributed by atoms with Crippen molar-refractivity contribution in [2.45, 2.75) is 19.8 Å². The van der Waals surface area contributed by atoms with Crippen LogP contribution in [0.2, 0.25) is 0 Å². The third-order valence-electron chi connectivity index (χ3n) is 3.99. The summed E-state index contributed by atoms with van der Waals surface area (Å²) in [6.45, 7) is 4.92. The molecule has 7 nitrogen and oxygen atoms in total. The zero-order valence-corrected chi connectivity index (χ0v) is 11.9. The number of piperidine rings is 1. The molecule has 2 N–H and O–H groups in total. The van der Waals surface area contributed by atoms with Crippen molar-refractivity contribution >= 4 is 11.5 Å². The zero-order chi connectivity index (χ0) is 14.1. The smallest absolute Gasteiger partial charge is 0.349 e. The molecule has 0 spiro atoms. The number of nitrogens with zero attached hydrogens (tertiary/aromatic N) is 4. The number of H-pyrrole nitrogens is 1. The highest BCUT2D eigenvalue weighted by Gasteiger charge is 2.20. The maximum atomic E-state index is 11.6. The van der Waals surface area contributed by atoms with Crippen molar-refractivity contribution in [3.05, 3.63) is 22.4 Å². The van der Waals surface area contributed by atoms with Crippen molar-refractivity contribution < 1.29 is 0 Å². The molecule has 0 aromatic carbocycles. The molecule has 0 amide bonds. The van der Waals surface area contributed by atoms with E-state index in [2.05, 4.69) is 25.4 Å². The molecule has 0 unspecified atom stereocenters. The minimum Gasteiger partial charge on any atom is -0.356 e. The van der Waals surface area contributed by atoms with E-state index in [1.165, 1.54) is 17.2 Å². The van der Waals surface area contributed by atoms with Crippen LogP contribution < -0.4 is 15.9 Å². The van der Waals surface area contributed by atoms with Gasteiger partial charge in [-0.15, -0.1) is 0 Å². The van der Waals surface area contributed by atoms with E-state index in [9.17, 15) is 4.79 Å². The zero-order valence-electron chi connectivity index (χ0n) is 11.9. The molecule has 108 valence electrons. The van der Waals surface area contributed by atoms with E-state index in [0.717, 1.165) is 31.4 Å². The molecule has 2 aromatic rings. The summed E-state index contributed by atoms with van der Waals surface area (Å²) in [5.41, 5.74) is 0.402. The fourth-order valence-electron chi connectivity index (χ4n) is 2.90. The Morgan fingerprint density at radius 2 is 2.20 bits per heavy atom. The first-order valence-electron chi connectivity index (χ1n) is 7.03. The Bertz CT molecular complexity index is 652. The lowest BCUT2D eigenvalue weighted by molar-refractivity contribution is 0.392. The van der Waals surface area contributed by atoms with Crippen molar-refractivity contribution in [2.24, 2.45) is 5.92 Å². The number of hydrogen-bond donors (Lipinski definition) is 2. The molecular formula is C13H20N6O. The highest BCUT2D eigenvalue weighted by atomic mass is 16.1. The van der Waals surface area contributed by atoms with Gasteiger partial charge in [-0.3, -0.25) is 0 Å². The Hall–Kier alpha value is -1.89. The van der Waals surface area contributed by atoms with Crippen LogP contribution in [0.4, 0.5) is 5.82 Å². The van der Waals surface area contributed by atoms with Gasteiger partial charge in [-0.1, -0.05) is 0 Å². The standard InChI is InChI=1S/C13H20N6O/c1-9-15-11(7-12-16-17-13(20)19(9)12)18-5-3-10(4-6-18)8-14-2/h7,10,14H,3-6,8H2,1-2H3,(H,17,20). The average molecular weight is 276 g/mol. The Balaban J connectivity index is 1.83. The van der Waals surface area contributed by atoms with Crippen molar-refractivity contribution in [3.8, 4) is 0 Å². The number of rotatable bonds is 3. The van der Waals surface area contributed by atoms with Gasteiger partial charge in [-0.2, -0.15) is 5.10 Å². The van der Waals surface area contributed by atoms with Crippen LogP contribution in [0.5, 0.6) is 0 Å². The Morgan fingerprint density at radius 3 is 2.90 bits per heavy atom. The van der Waals surface area contributed by atoms with Crippen LogP contribution in [0.25, 0.3) is 5.65 Å². The molecule has 0 atom stereocenters. The average Bonchev–Trinajstić information content (AvgIpc) is 2.82. The first kappa shape index (κ1) is 13.1. The summed E-state index contributed by atoms with van der Waals surface area (Å²) < 4.78 is 1.50. The van der Waals surface area contributed by atoms with E-state index in [-0.39, 0.29) is 5.69 Å². The Morgan fingerprint density at radius 1 is 1.45 bits per heavy atom. The second-order valence-corrected chi connectivity index (χ2v) is 5.37. The summed E-state index contributed by atoms with van der Waals surface area (Å²) in [6, 6.07) is 1.88. The number of hydrogen-bond acceptors (Lipinski definition) is 5. The first-order valence-corrected chi connectivity index (χ1v) is 7.03. The molecule has 0 bridgehead atoms. The van der Waals surface area contributed by atoms with Crippen LogP contribution in [0.15, 0.2) is 10.9 Å². The Kier molecular flexibility index (Phi) is 3.43. The molecule has 3 heterocycles. The lowest BCUT2D eigenvalue weighted by atomic mass is 9.97. The monoisotopic (exact) mass is 276 g/mol. The molecule has 1 aliphatic rings. The third-order valence-corrected chi connectivity index (χ3v) is 3.99. The molecule has 0 radical (unpaired) electrons. The summed E-state index contributed by atoms with van der Waals surface area (Å²) in [4.78, 5) is 18.4. The molecule has 2 aromatic heterocycles. The molecule has 1 aliphatic heterocycles. The van der Waals surface area contributed by atoms with E-state index < -0.39 is 0 Å². The SMILES string of the molecule is CNCC1CCN(c2cc3n[nH]c(=O)n3c(C)n2)CC1. The second kappa shape index (κ2) is 5.24. The summed E-state index contributed by atoms with van der Waals surface area (Å²) in [7, 11) is 2.00. The Labute approximate surface area is 117 Å². The second-order valence-electron chi connectivity index (χ2n) is 5.37. The van der Waals surface area contributed by atoms with E-state index >= 15 is 0 Å². The van der Waals surface area contributed by atoms with Gasteiger partial charge >= 0.3 is 5.69 Å². The van der Waals surface area contributed by atoms with Crippen LogP contribution in [0.3, 0.4) is 0 Å².